The molecule has 0 aliphatic rings. The zero-order chi connectivity index (χ0) is 24.9. The normalized spacial score (nSPS) is 11.1. The number of hydrogen-bond donors (Lipinski definition) is 1. The van der Waals surface area contributed by atoms with Gasteiger partial charge in [-0.25, -0.2) is 9.48 Å². The first kappa shape index (κ1) is 24.4. The zero-order valence-electron chi connectivity index (χ0n) is 17.8. The Kier molecular flexibility index (Phi) is 7.24. The molecule has 0 spiro atoms. The van der Waals surface area contributed by atoms with Crippen molar-refractivity contribution in [3.8, 4) is 5.69 Å². The van der Waals surface area contributed by atoms with Crippen molar-refractivity contribution in [3.63, 3.8) is 0 Å². The fourth-order valence-electron chi connectivity index (χ4n) is 2.98. The summed E-state index contributed by atoms with van der Waals surface area (Å²) in [6.45, 7) is 0.563. The molecule has 8 nitrogen and oxygen atoms in total. The summed E-state index contributed by atoms with van der Waals surface area (Å²) in [6.07, 6.45) is -4.67. The Labute approximate surface area is 191 Å². The quantitative estimate of drug-likeness (QED) is 0.552. The van der Waals surface area contributed by atoms with Gasteiger partial charge in [-0.1, -0.05) is 36.4 Å². The Morgan fingerprint density at radius 3 is 2.38 bits per heavy atom. The molecule has 1 heterocycles. The smallest absolute Gasteiger partial charge is 0.416 e. The fourth-order valence-corrected chi connectivity index (χ4v) is 2.98. The van der Waals surface area contributed by atoms with Crippen molar-refractivity contribution >= 4 is 17.8 Å². The number of rotatable bonds is 6. The van der Waals surface area contributed by atoms with E-state index in [0.29, 0.717) is 5.56 Å². The number of halogens is 3. The van der Waals surface area contributed by atoms with Crippen molar-refractivity contribution < 1.29 is 32.3 Å². The number of ether oxygens (including phenoxy) is 1. The number of esters is 1. The summed E-state index contributed by atoms with van der Waals surface area (Å²) < 4.78 is 44.8. The molecule has 2 amide bonds. The number of aryl methyl sites for hydroxylation is 1. The molecule has 0 saturated carbocycles. The van der Waals surface area contributed by atoms with Crippen molar-refractivity contribution in [1.29, 1.82) is 0 Å². The molecule has 0 saturated heterocycles. The van der Waals surface area contributed by atoms with Gasteiger partial charge in [-0.2, -0.15) is 18.3 Å². The van der Waals surface area contributed by atoms with Crippen LogP contribution in [0.1, 0.15) is 27.3 Å². The van der Waals surface area contributed by atoms with Gasteiger partial charge in [-0.05, 0) is 30.7 Å². The van der Waals surface area contributed by atoms with E-state index in [9.17, 15) is 32.3 Å². The van der Waals surface area contributed by atoms with Gasteiger partial charge in [-0.3, -0.25) is 19.7 Å². The van der Waals surface area contributed by atoms with Gasteiger partial charge in [0, 0.05) is 11.8 Å². The van der Waals surface area contributed by atoms with Crippen LogP contribution in [0.4, 0.5) is 13.2 Å². The number of amides is 2. The highest BCUT2D eigenvalue weighted by atomic mass is 19.4. The summed E-state index contributed by atoms with van der Waals surface area (Å²) >= 11 is 0. The Morgan fingerprint density at radius 2 is 1.71 bits per heavy atom. The molecule has 3 aromatic rings. The van der Waals surface area contributed by atoms with Crippen molar-refractivity contribution in [2.75, 3.05) is 6.61 Å². The Balaban J connectivity index is 1.70. The predicted molar refractivity (Wildman–Crippen MR) is 113 cm³/mol. The van der Waals surface area contributed by atoms with E-state index >= 15 is 0 Å². The van der Waals surface area contributed by atoms with Crippen LogP contribution in [-0.4, -0.2) is 34.2 Å². The molecule has 3 rings (SSSR count). The molecular formula is C23H18F3N3O5. The first-order valence-electron chi connectivity index (χ1n) is 9.87. The fraction of sp³-hybridized carbons (Fsp3) is 0.174. The summed E-state index contributed by atoms with van der Waals surface area (Å²) in [4.78, 5) is 48.4. The van der Waals surface area contributed by atoms with Crippen LogP contribution in [0.25, 0.3) is 5.69 Å². The van der Waals surface area contributed by atoms with Gasteiger partial charge in [0.05, 0.1) is 17.7 Å². The standard InChI is InChI=1S/C23H18F3N3O5/c1-14-10-18(30)21(28-29(14)17-9-5-8-16(12-17)23(24,25)26)22(33)34-13-20(32)27-19(31)11-15-6-3-2-4-7-15/h2-10,12H,11,13H2,1H3,(H,27,31,32). The molecule has 0 aliphatic heterocycles. The van der Waals surface area contributed by atoms with E-state index < -0.39 is 47.3 Å². The van der Waals surface area contributed by atoms with Crippen molar-refractivity contribution in [3.05, 3.63) is 93.4 Å². The van der Waals surface area contributed by atoms with Gasteiger partial charge >= 0.3 is 12.1 Å². The lowest BCUT2D eigenvalue weighted by atomic mass is 10.1. The van der Waals surface area contributed by atoms with Gasteiger partial charge in [0.25, 0.3) is 5.91 Å². The minimum Gasteiger partial charge on any atom is -0.451 e. The van der Waals surface area contributed by atoms with Crippen LogP contribution in [0.2, 0.25) is 0 Å². The summed E-state index contributed by atoms with van der Waals surface area (Å²) in [7, 11) is 0. The summed E-state index contributed by atoms with van der Waals surface area (Å²) in [5, 5.41) is 5.87. The van der Waals surface area contributed by atoms with Crippen LogP contribution >= 0.6 is 0 Å². The molecule has 2 aromatic carbocycles. The molecule has 34 heavy (non-hydrogen) atoms. The maximum atomic E-state index is 13.0. The molecule has 0 atom stereocenters. The van der Waals surface area contributed by atoms with Crippen LogP contribution < -0.4 is 10.7 Å². The second-order valence-corrected chi connectivity index (χ2v) is 7.17. The number of aromatic nitrogens is 2. The van der Waals surface area contributed by atoms with E-state index in [4.69, 9.17) is 4.74 Å². The Hall–Kier alpha value is -4.28. The number of benzene rings is 2. The maximum absolute atomic E-state index is 13.0. The number of carbonyl (C=O) groups excluding carboxylic acids is 3. The highest BCUT2D eigenvalue weighted by Gasteiger charge is 2.30. The van der Waals surface area contributed by atoms with E-state index in [1.807, 2.05) is 0 Å². The van der Waals surface area contributed by atoms with E-state index in [0.717, 1.165) is 28.9 Å². The number of alkyl halides is 3. The van der Waals surface area contributed by atoms with Gasteiger partial charge in [0.1, 0.15) is 0 Å². The number of nitrogens with zero attached hydrogens (tertiary/aromatic N) is 2. The number of hydrogen-bond acceptors (Lipinski definition) is 6. The molecule has 0 aliphatic carbocycles. The first-order valence-corrected chi connectivity index (χ1v) is 9.87. The SMILES string of the molecule is Cc1cc(=O)c(C(=O)OCC(=O)NC(=O)Cc2ccccc2)nn1-c1cccc(C(F)(F)F)c1. The topological polar surface area (TPSA) is 107 Å². The number of nitrogens with one attached hydrogen (secondary N) is 1. The average molecular weight is 473 g/mol. The lowest BCUT2D eigenvalue weighted by molar-refractivity contribution is -0.137. The van der Waals surface area contributed by atoms with E-state index in [1.54, 1.807) is 30.3 Å². The Bertz CT molecular complexity index is 1290. The van der Waals surface area contributed by atoms with Crippen LogP contribution in [0.15, 0.2) is 65.5 Å². The predicted octanol–water partition coefficient (Wildman–Crippen LogP) is 2.60. The van der Waals surface area contributed by atoms with Gasteiger partial charge in [0.15, 0.2) is 6.61 Å². The van der Waals surface area contributed by atoms with E-state index in [2.05, 4.69) is 10.4 Å². The van der Waals surface area contributed by atoms with Crippen LogP contribution in [-0.2, 0) is 26.9 Å². The summed E-state index contributed by atoms with van der Waals surface area (Å²) in [5.41, 5.74) is -1.71. The highest BCUT2D eigenvalue weighted by Crippen LogP contribution is 2.30. The number of carbonyl (C=O) groups is 3. The lowest BCUT2D eigenvalue weighted by Gasteiger charge is -2.13. The minimum absolute atomic E-state index is 0.0365. The second kappa shape index (κ2) is 10.1. The second-order valence-electron chi connectivity index (χ2n) is 7.17. The van der Waals surface area contributed by atoms with Crippen molar-refractivity contribution in [2.45, 2.75) is 19.5 Å². The third kappa shape index (κ3) is 6.15. The molecule has 1 N–H and O–H groups in total. The molecule has 1 aromatic heterocycles. The Morgan fingerprint density at radius 1 is 1.00 bits per heavy atom. The van der Waals surface area contributed by atoms with E-state index in [1.165, 1.54) is 13.0 Å². The molecular weight excluding hydrogens is 455 g/mol. The van der Waals surface area contributed by atoms with Crippen LogP contribution in [0.3, 0.4) is 0 Å². The summed E-state index contributed by atoms with van der Waals surface area (Å²) in [5.74, 6) is -2.80. The average Bonchev–Trinajstić information content (AvgIpc) is 2.77. The van der Waals surface area contributed by atoms with Crippen molar-refractivity contribution in [1.82, 2.24) is 15.1 Å². The third-order valence-corrected chi connectivity index (χ3v) is 4.54. The summed E-state index contributed by atoms with van der Waals surface area (Å²) in [6, 6.07) is 13.8. The number of imide groups is 1. The van der Waals surface area contributed by atoms with Gasteiger partial charge < -0.3 is 4.74 Å². The van der Waals surface area contributed by atoms with Gasteiger partial charge in [-0.15, -0.1) is 0 Å². The largest absolute Gasteiger partial charge is 0.451 e. The van der Waals surface area contributed by atoms with Gasteiger partial charge in [0.2, 0.25) is 17.0 Å². The van der Waals surface area contributed by atoms with E-state index in [-0.39, 0.29) is 17.8 Å². The first-order chi connectivity index (χ1) is 16.0. The zero-order valence-corrected chi connectivity index (χ0v) is 17.8. The van der Waals surface area contributed by atoms with Crippen LogP contribution in [0.5, 0.6) is 0 Å². The molecule has 0 radical (unpaired) electrons. The molecule has 11 heteroatoms. The van der Waals surface area contributed by atoms with Crippen molar-refractivity contribution in [2.24, 2.45) is 0 Å². The minimum atomic E-state index is -4.60. The highest BCUT2D eigenvalue weighted by molar-refractivity contribution is 5.98. The molecule has 176 valence electrons. The van der Waals surface area contributed by atoms with Crippen LogP contribution in [0, 0.1) is 6.92 Å². The maximum Gasteiger partial charge on any atom is 0.416 e. The molecule has 0 bridgehead atoms. The molecule has 0 unspecified atom stereocenters. The molecule has 0 fully saturated rings. The third-order valence-electron chi connectivity index (χ3n) is 4.54. The lowest BCUT2D eigenvalue weighted by Crippen LogP contribution is -2.35. The monoisotopic (exact) mass is 473 g/mol.